The van der Waals surface area contributed by atoms with Gasteiger partial charge in [-0.3, -0.25) is 4.79 Å². The maximum Gasteiger partial charge on any atom is 0.315 e. The van der Waals surface area contributed by atoms with Crippen LogP contribution in [0.25, 0.3) is 22.7 Å². The molecule has 0 aromatic carbocycles. The number of imidazole rings is 1. The summed E-state index contributed by atoms with van der Waals surface area (Å²) in [4.78, 5) is 33.1. The number of allylic oxidation sites excluding steroid dienone is 2. The van der Waals surface area contributed by atoms with E-state index in [-0.39, 0.29) is 23.8 Å². The molecule has 37 heavy (non-hydrogen) atoms. The van der Waals surface area contributed by atoms with Crippen LogP contribution in [0.1, 0.15) is 55.2 Å². The second-order valence-electron chi connectivity index (χ2n) is 9.68. The molecule has 190 valence electrons. The average molecular weight is 504 g/mol. The topological polar surface area (TPSA) is 132 Å². The molecule has 2 N–H and O–H groups in total. The number of hydrogen-bond acceptors (Lipinski definition) is 8. The fourth-order valence-corrected chi connectivity index (χ4v) is 4.05. The average Bonchev–Trinajstić information content (AvgIpc) is 3.55. The molecule has 0 saturated carbocycles. The highest BCUT2D eigenvalue weighted by molar-refractivity contribution is 5.89. The number of rotatable bonds is 6. The maximum atomic E-state index is 15.1. The Morgan fingerprint density at radius 1 is 1.24 bits per heavy atom. The van der Waals surface area contributed by atoms with Crippen molar-refractivity contribution in [2.75, 3.05) is 13.7 Å². The number of pyridine rings is 2. The Morgan fingerprint density at radius 3 is 2.81 bits per heavy atom. The molecule has 0 fully saturated rings. The molecule has 4 heterocycles. The molecular weight excluding hydrogens is 477 g/mol. The van der Waals surface area contributed by atoms with E-state index in [2.05, 4.69) is 35.4 Å². The molecule has 0 aliphatic heterocycles. The number of ether oxygens (including phenoxy) is 1. The van der Waals surface area contributed by atoms with Gasteiger partial charge in [0.1, 0.15) is 17.3 Å². The van der Waals surface area contributed by atoms with E-state index < -0.39 is 11.7 Å². The van der Waals surface area contributed by atoms with Crippen LogP contribution in [0.5, 0.6) is 5.75 Å². The summed E-state index contributed by atoms with van der Waals surface area (Å²) in [5, 5.41) is 6.50. The minimum absolute atomic E-state index is 0.000546. The van der Waals surface area contributed by atoms with Crippen LogP contribution < -0.4 is 10.1 Å². The van der Waals surface area contributed by atoms with Crippen molar-refractivity contribution >= 4 is 17.1 Å². The minimum atomic E-state index is -0.551. The lowest BCUT2D eigenvalue weighted by molar-refractivity contribution is 0.0913. The van der Waals surface area contributed by atoms with Gasteiger partial charge in [-0.1, -0.05) is 32.0 Å². The Kier molecular flexibility index (Phi) is 6.28. The number of halogens is 1. The summed E-state index contributed by atoms with van der Waals surface area (Å²) in [7, 11) is 1.57. The monoisotopic (exact) mass is 503 g/mol. The normalized spacial score (nSPS) is 15.9. The fourth-order valence-electron chi connectivity index (χ4n) is 4.05. The van der Waals surface area contributed by atoms with Gasteiger partial charge in [-0.25, -0.2) is 19.3 Å². The minimum Gasteiger partial charge on any atom is -0.494 e. The number of aromatic nitrogens is 6. The molecule has 11 heteroatoms. The molecule has 4 aromatic heterocycles. The zero-order valence-electron chi connectivity index (χ0n) is 20.9. The highest BCUT2D eigenvalue weighted by atomic mass is 19.1. The second-order valence-corrected chi connectivity index (χ2v) is 9.68. The molecule has 1 amide bonds. The molecule has 0 spiro atoms. The van der Waals surface area contributed by atoms with Gasteiger partial charge in [0.25, 0.3) is 0 Å². The lowest BCUT2D eigenvalue weighted by Gasteiger charge is -2.19. The number of carbonyl (C=O) groups is 1. The Labute approximate surface area is 212 Å². The molecule has 4 aromatic rings. The highest BCUT2D eigenvalue weighted by Gasteiger charge is 2.25. The fraction of sp³-hybridized carbons (Fsp3) is 0.308. The van der Waals surface area contributed by atoms with E-state index in [4.69, 9.17) is 9.26 Å². The summed E-state index contributed by atoms with van der Waals surface area (Å²) < 4.78 is 25.5. The van der Waals surface area contributed by atoms with E-state index in [1.165, 1.54) is 0 Å². The van der Waals surface area contributed by atoms with E-state index in [9.17, 15) is 4.79 Å². The first-order valence-corrected chi connectivity index (χ1v) is 11.8. The van der Waals surface area contributed by atoms with Crippen LogP contribution in [-0.4, -0.2) is 49.6 Å². The Hall–Kier alpha value is -4.41. The molecular formula is C26H26FN7O3. The number of fused-ring (bicyclic) bond motifs is 1. The summed E-state index contributed by atoms with van der Waals surface area (Å²) in [6, 6.07) is 5.43. The van der Waals surface area contributed by atoms with Gasteiger partial charge in [0.15, 0.2) is 17.3 Å². The highest BCUT2D eigenvalue weighted by Crippen LogP contribution is 2.35. The number of nitrogens with one attached hydrogen (secondary N) is 2. The SMILES string of the molecule is COc1cccnc1-c1nc2nccc(C3C=C(F)C(CNC(=O)c4nc(C(C)(C)C)no4)=CC3)c2[nH]1. The third-order valence-electron chi connectivity index (χ3n) is 6.04. The standard InChI is InChI=1S/C26H26FN7O3/c1-26(2,3)25-33-24(37-34-25)23(35)30-13-15-8-7-14(12-17(15)27)16-9-11-29-21-19(16)31-22(32-21)20-18(36-4)6-5-10-28-20/h5-6,8-12,14H,7,13H2,1-4H3,(H,30,35)(H,29,31,32). The molecule has 1 unspecified atom stereocenters. The first-order chi connectivity index (χ1) is 17.7. The van der Waals surface area contributed by atoms with Crippen molar-refractivity contribution < 1.29 is 18.4 Å². The van der Waals surface area contributed by atoms with E-state index in [1.54, 1.807) is 43.8 Å². The van der Waals surface area contributed by atoms with Crippen LogP contribution in [0.15, 0.2) is 58.7 Å². The van der Waals surface area contributed by atoms with Crippen molar-refractivity contribution in [2.24, 2.45) is 0 Å². The zero-order valence-corrected chi connectivity index (χ0v) is 20.9. The van der Waals surface area contributed by atoms with Crippen LogP contribution in [0, 0.1) is 0 Å². The van der Waals surface area contributed by atoms with Gasteiger partial charge < -0.3 is 19.6 Å². The van der Waals surface area contributed by atoms with Crippen molar-refractivity contribution in [2.45, 2.75) is 38.5 Å². The molecule has 0 bridgehead atoms. The molecule has 1 atom stereocenters. The van der Waals surface area contributed by atoms with Crippen molar-refractivity contribution in [3.63, 3.8) is 0 Å². The van der Waals surface area contributed by atoms with Crippen LogP contribution >= 0.6 is 0 Å². The molecule has 10 nitrogen and oxygen atoms in total. The van der Waals surface area contributed by atoms with Crippen LogP contribution in [0.3, 0.4) is 0 Å². The number of hydrogen-bond donors (Lipinski definition) is 2. The molecule has 1 aliphatic carbocycles. The van der Waals surface area contributed by atoms with E-state index in [0.717, 1.165) is 5.56 Å². The summed E-state index contributed by atoms with van der Waals surface area (Å²) in [6.45, 7) is 5.75. The second kappa shape index (κ2) is 9.57. The van der Waals surface area contributed by atoms with E-state index >= 15 is 4.39 Å². The first kappa shape index (κ1) is 24.3. The van der Waals surface area contributed by atoms with Crippen molar-refractivity contribution in [1.82, 2.24) is 35.4 Å². The third-order valence-corrected chi connectivity index (χ3v) is 6.04. The quantitative estimate of drug-likeness (QED) is 0.396. The maximum absolute atomic E-state index is 15.1. The summed E-state index contributed by atoms with van der Waals surface area (Å²) in [5.41, 5.74) is 2.66. The van der Waals surface area contributed by atoms with E-state index in [0.29, 0.717) is 46.3 Å². The third kappa shape index (κ3) is 4.84. The van der Waals surface area contributed by atoms with Crippen molar-refractivity contribution in [3.8, 4) is 17.3 Å². The number of amides is 1. The van der Waals surface area contributed by atoms with Crippen LogP contribution in [0.2, 0.25) is 0 Å². The number of carbonyl (C=O) groups excluding carboxylic acids is 1. The van der Waals surface area contributed by atoms with E-state index in [1.807, 2.05) is 26.8 Å². The Balaban J connectivity index is 1.32. The Bertz CT molecular complexity index is 1530. The molecule has 5 rings (SSSR count). The summed E-state index contributed by atoms with van der Waals surface area (Å²) in [6.07, 6.45) is 7.17. The van der Waals surface area contributed by atoms with Gasteiger partial charge in [-0.05, 0) is 36.3 Å². The smallest absolute Gasteiger partial charge is 0.315 e. The summed E-state index contributed by atoms with van der Waals surface area (Å²) in [5.74, 6) is 0.170. The molecule has 1 aliphatic rings. The largest absolute Gasteiger partial charge is 0.494 e. The van der Waals surface area contributed by atoms with Gasteiger partial charge in [-0.15, -0.1) is 0 Å². The molecule has 0 saturated heterocycles. The summed E-state index contributed by atoms with van der Waals surface area (Å²) >= 11 is 0. The van der Waals surface area contributed by atoms with Crippen molar-refractivity contribution in [1.29, 1.82) is 0 Å². The molecule has 0 radical (unpaired) electrons. The van der Waals surface area contributed by atoms with Gasteiger partial charge in [0, 0.05) is 35.8 Å². The number of aromatic amines is 1. The van der Waals surface area contributed by atoms with Crippen LogP contribution in [0.4, 0.5) is 4.39 Å². The number of methoxy groups -OCH3 is 1. The van der Waals surface area contributed by atoms with Gasteiger partial charge in [0.05, 0.1) is 12.6 Å². The van der Waals surface area contributed by atoms with Gasteiger partial charge in [0.2, 0.25) is 0 Å². The zero-order chi connectivity index (χ0) is 26.2. The number of H-pyrrole nitrogens is 1. The number of nitrogens with zero attached hydrogens (tertiary/aromatic N) is 5. The lowest BCUT2D eigenvalue weighted by atomic mass is 9.89. The Morgan fingerprint density at radius 2 is 2.08 bits per heavy atom. The van der Waals surface area contributed by atoms with Crippen molar-refractivity contribution in [3.05, 3.63) is 71.4 Å². The predicted molar refractivity (Wildman–Crippen MR) is 134 cm³/mol. The lowest BCUT2D eigenvalue weighted by Crippen LogP contribution is -2.27. The predicted octanol–water partition coefficient (Wildman–Crippen LogP) is 4.41. The van der Waals surface area contributed by atoms with Gasteiger partial charge in [-0.2, -0.15) is 4.98 Å². The first-order valence-electron chi connectivity index (χ1n) is 11.8. The van der Waals surface area contributed by atoms with Gasteiger partial charge >= 0.3 is 11.8 Å². The van der Waals surface area contributed by atoms with Crippen LogP contribution in [-0.2, 0) is 5.41 Å².